The van der Waals surface area contributed by atoms with E-state index in [1.165, 1.54) is 6.08 Å². The first-order valence-electron chi connectivity index (χ1n) is 5.19. The van der Waals surface area contributed by atoms with Gasteiger partial charge in [0.05, 0.1) is 11.8 Å². The number of carbonyl (C=O) groups excluding carboxylic acids is 1. The molecule has 0 radical (unpaired) electrons. The van der Waals surface area contributed by atoms with Crippen LogP contribution in [-0.2, 0) is 9.84 Å². The summed E-state index contributed by atoms with van der Waals surface area (Å²) in [7, 11) is -3.16. The van der Waals surface area contributed by atoms with Gasteiger partial charge in [0.25, 0.3) is 0 Å². The number of halogens is 1. The molecule has 1 aliphatic rings. The van der Waals surface area contributed by atoms with E-state index in [1.54, 1.807) is 24.3 Å². The maximum absolute atomic E-state index is 11.6. The Labute approximate surface area is 110 Å². The topological polar surface area (TPSA) is 75.3 Å². The van der Waals surface area contributed by atoms with Crippen molar-refractivity contribution in [3.8, 4) is 0 Å². The molecule has 0 saturated heterocycles. The average Bonchev–Trinajstić information content (AvgIpc) is 2.61. The highest BCUT2D eigenvalue weighted by molar-refractivity contribution is 7.94. The lowest BCUT2D eigenvalue weighted by molar-refractivity contribution is 0.251. The number of benzene rings is 1. The van der Waals surface area contributed by atoms with Gasteiger partial charge in [-0.05, 0) is 30.3 Å². The largest absolute Gasteiger partial charge is 0.331 e. The van der Waals surface area contributed by atoms with E-state index in [0.29, 0.717) is 10.7 Å². The van der Waals surface area contributed by atoms with E-state index in [0.717, 1.165) is 5.41 Å². The molecule has 1 aliphatic heterocycles. The van der Waals surface area contributed by atoms with Gasteiger partial charge < -0.3 is 10.6 Å². The van der Waals surface area contributed by atoms with Crippen molar-refractivity contribution in [1.82, 2.24) is 5.32 Å². The van der Waals surface area contributed by atoms with Crippen molar-refractivity contribution in [2.45, 2.75) is 6.04 Å². The van der Waals surface area contributed by atoms with Gasteiger partial charge in [-0.25, -0.2) is 13.2 Å². The SMILES string of the molecule is O=C(Nc1ccc(Cl)cc1)N[C@@H]1C=CS(=O)(=O)C1. The molecule has 1 heterocycles. The first-order chi connectivity index (χ1) is 8.44. The number of anilines is 1. The second-order valence-corrected chi connectivity index (χ2v) is 6.24. The number of carbonyl (C=O) groups is 1. The van der Waals surface area contributed by atoms with Crippen LogP contribution in [0.1, 0.15) is 0 Å². The molecule has 1 aromatic rings. The van der Waals surface area contributed by atoms with Gasteiger partial charge in [0.1, 0.15) is 0 Å². The molecular weight excluding hydrogens is 276 g/mol. The molecule has 0 fully saturated rings. The minimum Gasteiger partial charge on any atom is -0.331 e. The summed E-state index contributed by atoms with van der Waals surface area (Å²) in [5, 5.41) is 6.82. The zero-order chi connectivity index (χ0) is 13.2. The summed E-state index contributed by atoms with van der Waals surface area (Å²) in [6.07, 6.45) is 1.46. The molecule has 1 atom stereocenters. The minimum atomic E-state index is -3.16. The Morgan fingerprint density at radius 2 is 1.94 bits per heavy atom. The average molecular weight is 287 g/mol. The fraction of sp³-hybridized carbons (Fsp3) is 0.182. The van der Waals surface area contributed by atoms with Gasteiger partial charge in [-0.1, -0.05) is 11.6 Å². The Bertz CT molecular complexity index is 581. The molecule has 18 heavy (non-hydrogen) atoms. The van der Waals surface area contributed by atoms with E-state index in [1.807, 2.05) is 0 Å². The first-order valence-corrected chi connectivity index (χ1v) is 7.28. The molecular formula is C11H11ClN2O3S. The normalized spacial score (nSPS) is 20.6. The molecule has 7 heteroatoms. The molecule has 2 N–H and O–H groups in total. The van der Waals surface area contributed by atoms with Crippen LogP contribution in [0.5, 0.6) is 0 Å². The van der Waals surface area contributed by atoms with Gasteiger partial charge in [-0.15, -0.1) is 0 Å². The van der Waals surface area contributed by atoms with Crippen molar-refractivity contribution >= 4 is 33.2 Å². The molecule has 0 saturated carbocycles. The Morgan fingerprint density at radius 3 is 2.50 bits per heavy atom. The fourth-order valence-electron chi connectivity index (χ4n) is 1.53. The zero-order valence-electron chi connectivity index (χ0n) is 9.26. The third kappa shape index (κ3) is 3.48. The van der Waals surface area contributed by atoms with Crippen LogP contribution in [-0.4, -0.2) is 26.2 Å². The van der Waals surface area contributed by atoms with Crippen molar-refractivity contribution in [2.24, 2.45) is 0 Å². The van der Waals surface area contributed by atoms with Crippen LogP contribution >= 0.6 is 11.6 Å². The Morgan fingerprint density at radius 1 is 1.28 bits per heavy atom. The number of hydrogen-bond acceptors (Lipinski definition) is 3. The van der Waals surface area contributed by atoms with E-state index in [4.69, 9.17) is 11.6 Å². The summed E-state index contributed by atoms with van der Waals surface area (Å²) in [6, 6.07) is 5.67. The zero-order valence-corrected chi connectivity index (χ0v) is 10.8. The maximum Gasteiger partial charge on any atom is 0.319 e. The van der Waals surface area contributed by atoms with Crippen molar-refractivity contribution in [3.63, 3.8) is 0 Å². The lowest BCUT2D eigenvalue weighted by Crippen LogP contribution is -2.38. The third-order valence-electron chi connectivity index (χ3n) is 2.35. The van der Waals surface area contributed by atoms with Crippen molar-refractivity contribution < 1.29 is 13.2 Å². The Balaban J connectivity index is 1.90. The Kier molecular flexibility index (Phi) is 3.58. The monoisotopic (exact) mass is 286 g/mol. The van der Waals surface area contributed by atoms with Gasteiger partial charge in [0.15, 0.2) is 9.84 Å². The van der Waals surface area contributed by atoms with E-state index in [2.05, 4.69) is 10.6 Å². The van der Waals surface area contributed by atoms with E-state index >= 15 is 0 Å². The number of rotatable bonds is 2. The lowest BCUT2D eigenvalue weighted by atomic mass is 10.3. The van der Waals surface area contributed by atoms with Gasteiger partial charge in [-0.3, -0.25) is 0 Å². The molecule has 1 aromatic carbocycles. The molecule has 0 bridgehead atoms. The summed E-state index contributed by atoms with van der Waals surface area (Å²) >= 11 is 5.71. The first kappa shape index (κ1) is 12.9. The smallest absolute Gasteiger partial charge is 0.319 e. The second-order valence-electron chi connectivity index (χ2n) is 3.87. The van der Waals surface area contributed by atoms with Crippen molar-refractivity contribution in [2.75, 3.05) is 11.1 Å². The van der Waals surface area contributed by atoms with Crippen LogP contribution in [0.3, 0.4) is 0 Å². The van der Waals surface area contributed by atoms with Crippen LogP contribution in [0.2, 0.25) is 5.02 Å². The third-order valence-corrected chi connectivity index (χ3v) is 4.00. The number of sulfone groups is 1. The second kappa shape index (κ2) is 4.99. The molecule has 2 amide bonds. The van der Waals surface area contributed by atoms with Crippen molar-refractivity contribution in [1.29, 1.82) is 0 Å². The highest BCUT2D eigenvalue weighted by atomic mass is 35.5. The van der Waals surface area contributed by atoms with Gasteiger partial charge in [-0.2, -0.15) is 0 Å². The van der Waals surface area contributed by atoms with Gasteiger partial charge in [0.2, 0.25) is 0 Å². The van der Waals surface area contributed by atoms with Crippen LogP contribution in [0.15, 0.2) is 35.7 Å². The molecule has 5 nitrogen and oxygen atoms in total. The van der Waals surface area contributed by atoms with Gasteiger partial charge in [0, 0.05) is 16.1 Å². The highest BCUT2D eigenvalue weighted by Crippen LogP contribution is 2.13. The molecule has 96 valence electrons. The molecule has 0 unspecified atom stereocenters. The number of nitrogens with one attached hydrogen (secondary N) is 2. The molecule has 0 aliphatic carbocycles. The quantitative estimate of drug-likeness (QED) is 0.870. The lowest BCUT2D eigenvalue weighted by Gasteiger charge is -2.11. The molecule has 0 spiro atoms. The van der Waals surface area contributed by atoms with Crippen LogP contribution < -0.4 is 10.6 Å². The van der Waals surface area contributed by atoms with Crippen LogP contribution in [0.4, 0.5) is 10.5 Å². The minimum absolute atomic E-state index is 0.0962. The molecule has 2 rings (SSSR count). The van der Waals surface area contributed by atoms with E-state index < -0.39 is 21.9 Å². The van der Waals surface area contributed by atoms with Gasteiger partial charge >= 0.3 is 6.03 Å². The predicted molar refractivity (Wildman–Crippen MR) is 70.3 cm³/mol. The summed E-state index contributed by atoms with van der Waals surface area (Å²) in [4.78, 5) is 11.6. The summed E-state index contributed by atoms with van der Waals surface area (Å²) in [5.74, 6) is -0.0962. The standard InChI is InChI=1S/C11H11ClN2O3S/c12-8-1-3-9(4-2-8)13-11(15)14-10-5-6-18(16,17)7-10/h1-6,10H,7H2,(H2,13,14,15)/t10-/m1/s1. The maximum atomic E-state index is 11.6. The van der Waals surface area contributed by atoms with E-state index in [9.17, 15) is 13.2 Å². The van der Waals surface area contributed by atoms with E-state index in [-0.39, 0.29) is 5.75 Å². The van der Waals surface area contributed by atoms with Crippen LogP contribution in [0, 0.1) is 0 Å². The fourth-order valence-corrected chi connectivity index (χ4v) is 2.90. The summed E-state index contributed by atoms with van der Waals surface area (Å²) in [6.45, 7) is 0. The molecule has 0 aromatic heterocycles. The number of urea groups is 1. The summed E-state index contributed by atoms with van der Waals surface area (Å²) < 4.78 is 22.3. The number of hydrogen-bond donors (Lipinski definition) is 2. The predicted octanol–water partition coefficient (Wildman–Crippen LogP) is 1.77. The number of amides is 2. The highest BCUT2D eigenvalue weighted by Gasteiger charge is 2.22. The van der Waals surface area contributed by atoms with Crippen LogP contribution in [0.25, 0.3) is 0 Å². The van der Waals surface area contributed by atoms with Crippen molar-refractivity contribution in [3.05, 3.63) is 40.8 Å². The Hall–Kier alpha value is -1.53. The summed E-state index contributed by atoms with van der Waals surface area (Å²) in [5.41, 5.74) is 0.585.